The predicted molar refractivity (Wildman–Crippen MR) is 122 cm³/mol. The lowest BCUT2D eigenvalue weighted by atomic mass is 10.2. The topological polar surface area (TPSA) is 70.6 Å². The second-order valence-corrected chi connectivity index (χ2v) is 7.84. The molecule has 29 heavy (non-hydrogen) atoms. The van der Waals surface area contributed by atoms with E-state index in [2.05, 4.69) is 10.6 Å². The summed E-state index contributed by atoms with van der Waals surface area (Å²) in [4.78, 5) is 12.4. The molecule has 0 amide bonds. The summed E-state index contributed by atoms with van der Waals surface area (Å²) in [6.07, 6.45) is 0. The molecule has 7 heteroatoms. The van der Waals surface area contributed by atoms with Crippen molar-refractivity contribution in [3.05, 3.63) is 69.0 Å². The first-order valence-electron chi connectivity index (χ1n) is 9.14. The van der Waals surface area contributed by atoms with Crippen LogP contribution in [0.3, 0.4) is 0 Å². The van der Waals surface area contributed by atoms with Gasteiger partial charge in [-0.1, -0.05) is 48.6 Å². The van der Waals surface area contributed by atoms with Crippen LogP contribution in [0, 0.1) is 18.4 Å². The fraction of sp³-hybridized carbons (Fsp3) is 0.182. The summed E-state index contributed by atoms with van der Waals surface area (Å²) < 4.78 is 5.25. The van der Waals surface area contributed by atoms with Gasteiger partial charge in [-0.15, -0.1) is 11.3 Å². The molecule has 0 aliphatic rings. The van der Waals surface area contributed by atoms with E-state index in [0.29, 0.717) is 10.7 Å². The average Bonchev–Trinajstić information content (AvgIpc) is 2.70. The number of anilines is 4. The molecule has 3 aromatic rings. The smallest absolute Gasteiger partial charge is 0.352 e. The fourth-order valence-corrected chi connectivity index (χ4v) is 4.09. The minimum Gasteiger partial charge on any atom is -0.505 e. The van der Waals surface area contributed by atoms with E-state index in [1.165, 1.54) is 0 Å². The number of carbonyl (C=O) groups is 1. The molecular weight excluding hydrogens is 404 g/mol. The van der Waals surface area contributed by atoms with Crippen molar-refractivity contribution >= 4 is 51.6 Å². The van der Waals surface area contributed by atoms with Gasteiger partial charge in [-0.2, -0.15) is 0 Å². The highest BCUT2D eigenvalue weighted by atomic mass is 32.1. The number of hydrogen-bond donors (Lipinski definition) is 3. The maximum atomic E-state index is 12.3. The Morgan fingerprint density at radius 3 is 2.14 bits per heavy atom. The van der Waals surface area contributed by atoms with Gasteiger partial charge < -0.3 is 20.5 Å². The monoisotopic (exact) mass is 426 g/mol. The van der Waals surface area contributed by atoms with Crippen LogP contribution in [0.15, 0.2) is 48.5 Å². The van der Waals surface area contributed by atoms with E-state index in [4.69, 9.17) is 17.0 Å². The predicted octanol–water partition coefficient (Wildman–Crippen LogP) is 6.46. The number of aromatic hydroxyl groups is 1. The maximum Gasteiger partial charge on any atom is 0.352 e. The highest BCUT2D eigenvalue weighted by Crippen LogP contribution is 2.41. The largest absolute Gasteiger partial charge is 0.505 e. The molecule has 3 rings (SSSR count). The lowest BCUT2D eigenvalue weighted by Crippen LogP contribution is -2.06. The molecule has 1 heterocycles. The summed E-state index contributed by atoms with van der Waals surface area (Å²) in [7, 11) is 0. The number of nitrogens with one attached hydrogen (secondary N) is 2. The molecule has 2 aromatic carbocycles. The minimum atomic E-state index is -0.601. The van der Waals surface area contributed by atoms with Crippen molar-refractivity contribution < 1.29 is 14.6 Å². The van der Waals surface area contributed by atoms with Crippen molar-refractivity contribution in [2.24, 2.45) is 0 Å². The van der Waals surface area contributed by atoms with Crippen LogP contribution in [0.4, 0.5) is 22.1 Å². The molecular formula is C22H22N2O3S2. The zero-order chi connectivity index (χ0) is 21.0. The Kier molecular flexibility index (Phi) is 6.51. The quantitative estimate of drug-likeness (QED) is 0.310. The molecule has 0 radical (unpaired) electrons. The minimum absolute atomic E-state index is 0.0725. The Morgan fingerprint density at radius 1 is 1.03 bits per heavy atom. The SMILES string of the molecule is CCOC(=O)c1sc(Nc2ccccc2C)c(Nc2ccccc2C)c(=S)c1O. The second-order valence-electron chi connectivity index (χ2n) is 6.41. The van der Waals surface area contributed by atoms with E-state index in [0.717, 1.165) is 33.8 Å². The molecule has 0 aliphatic heterocycles. The van der Waals surface area contributed by atoms with Crippen LogP contribution in [0.25, 0.3) is 0 Å². The van der Waals surface area contributed by atoms with Gasteiger partial charge >= 0.3 is 5.97 Å². The van der Waals surface area contributed by atoms with Gasteiger partial charge in [0.2, 0.25) is 0 Å². The van der Waals surface area contributed by atoms with Crippen molar-refractivity contribution in [2.45, 2.75) is 20.8 Å². The van der Waals surface area contributed by atoms with E-state index >= 15 is 0 Å². The van der Waals surface area contributed by atoms with Crippen molar-refractivity contribution in [3.63, 3.8) is 0 Å². The third-order valence-electron chi connectivity index (χ3n) is 4.35. The van der Waals surface area contributed by atoms with E-state index in [1.807, 2.05) is 62.4 Å². The summed E-state index contributed by atoms with van der Waals surface area (Å²) in [6, 6.07) is 15.6. The van der Waals surface area contributed by atoms with Crippen molar-refractivity contribution in [3.8, 4) is 5.75 Å². The molecule has 0 spiro atoms. The van der Waals surface area contributed by atoms with E-state index in [9.17, 15) is 9.90 Å². The molecule has 0 atom stereocenters. The fourth-order valence-electron chi connectivity index (χ4n) is 2.75. The van der Waals surface area contributed by atoms with Crippen molar-refractivity contribution in [1.82, 2.24) is 0 Å². The van der Waals surface area contributed by atoms with Crippen LogP contribution in [-0.4, -0.2) is 17.7 Å². The standard InChI is InChI=1S/C22H22N2O3S2/c1-4-27-22(26)20-18(25)19(28)17(23-15-11-7-5-9-13(15)2)21(29-20)24-16-12-8-6-10-14(16)3/h5-12,23-25H,4H2,1-3H3. The van der Waals surface area contributed by atoms with E-state index < -0.39 is 5.97 Å². The molecule has 0 saturated carbocycles. The van der Waals surface area contributed by atoms with Crippen LogP contribution in [0.1, 0.15) is 27.7 Å². The van der Waals surface area contributed by atoms with Crippen molar-refractivity contribution in [1.29, 1.82) is 0 Å². The second kappa shape index (κ2) is 9.07. The van der Waals surface area contributed by atoms with Crippen LogP contribution in [-0.2, 0) is 4.74 Å². The average molecular weight is 427 g/mol. The van der Waals surface area contributed by atoms with E-state index in [-0.39, 0.29) is 21.7 Å². The van der Waals surface area contributed by atoms with Gasteiger partial charge in [0, 0.05) is 11.4 Å². The number of hydrogen-bond acceptors (Lipinski definition) is 7. The molecule has 3 N–H and O–H groups in total. The Labute approximate surface area is 179 Å². The Balaban J connectivity index is 2.15. The summed E-state index contributed by atoms with van der Waals surface area (Å²) in [6.45, 7) is 5.90. The number of para-hydroxylation sites is 2. The molecule has 0 unspecified atom stereocenters. The molecule has 1 aromatic heterocycles. The molecule has 0 fully saturated rings. The number of aryl methyl sites for hydroxylation is 2. The van der Waals surface area contributed by atoms with Gasteiger partial charge in [0.05, 0.1) is 12.3 Å². The maximum absolute atomic E-state index is 12.3. The molecule has 0 saturated heterocycles. The molecule has 0 bridgehead atoms. The Hall–Kier alpha value is -2.90. The molecule has 150 valence electrons. The zero-order valence-electron chi connectivity index (χ0n) is 16.4. The summed E-state index contributed by atoms with van der Waals surface area (Å²) in [5.41, 5.74) is 4.35. The lowest BCUT2D eigenvalue weighted by Gasteiger charge is -2.18. The van der Waals surface area contributed by atoms with Crippen LogP contribution in [0.5, 0.6) is 5.75 Å². The number of carbonyl (C=O) groups excluding carboxylic acids is 1. The van der Waals surface area contributed by atoms with Gasteiger partial charge in [0.1, 0.15) is 9.51 Å². The van der Waals surface area contributed by atoms with Gasteiger partial charge in [-0.25, -0.2) is 4.79 Å². The zero-order valence-corrected chi connectivity index (χ0v) is 18.0. The summed E-state index contributed by atoms with van der Waals surface area (Å²) >= 11 is 6.61. The van der Waals surface area contributed by atoms with E-state index in [1.54, 1.807) is 6.92 Å². The Morgan fingerprint density at radius 2 is 1.59 bits per heavy atom. The first-order chi connectivity index (χ1) is 13.9. The third kappa shape index (κ3) is 4.58. The van der Waals surface area contributed by atoms with Crippen molar-refractivity contribution in [2.75, 3.05) is 17.2 Å². The summed E-state index contributed by atoms with van der Waals surface area (Å²) in [5.74, 6) is -0.855. The lowest BCUT2D eigenvalue weighted by molar-refractivity contribution is 0.0529. The Bertz CT molecular complexity index is 1110. The third-order valence-corrected chi connectivity index (χ3v) is 5.82. The number of rotatable bonds is 6. The molecule has 5 nitrogen and oxygen atoms in total. The van der Waals surface area contributed by atoms with Crippen LogP contribution >= 0.6 is 23.6 Å². The van der Waals surface area contributed by atoms with Gasteiger partial charge in [0.25, 0.3) is 0 Å². The van der Waals surface area contributed by atoms with Gasteiger partial charge in [-0.05, 0) is 44.0 Å². The van der Waals surface area contributed by atoms with Gasteiger partial charge in [-0.3, -0.25) is 0 Å². The number of benzene rings is 2. The normalized spacial score (nSPS) is 10.4. The highest BCUT2D eigenvalue weighted by molar-refractivity contribution is 7.71. The number of ether oxygens (including phenoxy) is 1. The highest BCUT2D eigenvalue weighted by Gasteiger charge is 2.21. The molecule has 0 aliphatic carbocycles. The summed E-state index contributed by atoms with van der Waals surface area (Å²) in [5, 5.41) is 17.9. The first-order valence-corrected chi connectivity index (χ1v) is 10.4. The number of esters is 1. The van der Waals surface area contributed by atoms with Gasteiger partial charge in [0.15, 0.2) is 10.6 Å². The first kappa shape index (κ1) is 20.8. The van der Waals surface area contributed by atoms with Crippen LogP contribution in [0.2, 0.25) is 0 Å². The van der Waals surface area contributed by atoms with Crippen LogP contribution < -0.4 is 10.6 Å².